The Balaban J connectivity index is 1.68. The molecule has 2 aliphatic heterocycles. The van der Waals surface area contributed by atoms with E-state index in [0.717, 1.165) is 41.4 Å². The van der Waals surface area contributed by atoms with E-state index in [0.29, 0.717) is 0 Å². The molecule has 0 unspecified atom stereocenters. The lowest BCUT2D eigenvalue weighted by Crippen LogP contribution is -2.40. The topological polar surface area (TPSA) is 34.1 Å². The zero-order valence-electron chi connectivity index (χ0n) is 14.5. The minimum absolute atomic E-state index is 0.00421. The van der Waals surface area contributed by atoms with Crippen molar-refractivity contribution in [3.8, 4) is 11.5 Å². The maximum atomic E-state index is 6.26. The molecule has 0 spiro atoms. The summed E-state index contributed by atoms with van der Waals surface area (Å²) in [5.41, 5.74) is 3.44. The Morgan fingerprint density at radius 1 is 1.24 bits per heavy atom. The number of nitrogens with zero attached hydrogens (tertiary/aromatic N) is 2. The van der Waals surface area contributed by atoms with Crippen molar-refractivity contribution >= 4 is 17.5 Å². The quantitative estimate of drug-likeness (QED) is 0.801. The summed E-state index contributed by atoms with van der Waals surface area (Å²) < 4.78 is 11.6. The fourth-order valence-corrected chi connectivity index (χ4v) is 3.93. The third kappa shape index (κ3) is 3.09. The molecule has 0 aromatic heterocycles. The molecule has 2 aliphatic rings. The lowest BCUT2D eigenvalue weighted by Gasteiger charge is -2.38. The fraction of sp³-hybridized carbons (Fsp3) is 0.350. The summed E-state index contributed by atoms with van der Waals surface area (Å²) in [6.07, 6.45) is 3.98. The van der Waals surface area contributed by atoms with Gasteiger partial charge < -0.3 is 9.47 Å². The van der Waals surface area contributed by atoms with Crippen LogP contribution in [0.1, 0.15) is 30.0 Å². The third-order valence-corrected chi connectivity index (χ3v) is 5.39. The number of hydrazone groups is 1. The Labute approximate surface area is 152 Å². The summed E-state index contributed by atoms with van der Waals surface area (Å²) >= 11 is 1.84. The molecule has 0 N–H and O–H groups in total. The maximum absolute atomic E-state index is 6.26. The Morgan fingerprint density at radius 3 is 2.96 bits per heavy atom. The van der Waals surface area contributed by atoms with Gasteiger partial charge in [-0.25, -0.2) is 0 Å². The summed E-state index contributed by atoms with van der Waals surface area (Å²) in [5.74, 6) is 2.91. The van der Waals surface area contributed by atoms with Crippen molar-refractivity contribution in [2.45, 2.75) is 25.1 Å². The number of benzene rings is 2. The molecule has 2 aromatic carbocycles. The highest BCUT2D eigenvalue weighted by Gasteiger charge is 2.39. The Hall–Kier alpha value is -2.14. The molecule has 0 aliphatic carbocycles. The zero-order chi connectivity index (χ0) is 17.2. The highest BCUT2D eigenvalue weighted by molar-refractivity contribution is 7.98. The van der Waals surface area contributed by atoms with E-state index in [4.69, 9.17) is 14.6 Å². The molecule has 4 rings (SSSR count). The van der Waals surface area contributed by atoms with Crippen molar-refractivity contribution < 1.29 is 9.47 Å². The van der Waals surface area contributed by atoms with Crippen LogP contribution in [0, 0.1) is 0 Å². The van der Waals surface area contributed by atoms with Crippen molar-refractivity contribution in [1.82, 2.24) is 5.01 Å². The molecular weight excluding hydrogens is 332 g/mol. The smallest absolute Gasteiger partial charge is 0.188 e. The number of para-hydroxylation sites is 1. The molecule has 2 atom stereocenters. The summed E-state index contributed by atoms with van der Waals surface area (Å²) in [5, 5.41) is 7.11. The number of fused-ring (bicyclic) bond motifs is 3. The average molecular weight is 354 g/mol. The highest BCUT2D eigenvalue weighted by atomic mass is 32.2. The number of rotatable bonds is 5. The summed E-state index contributed by atoms with van der Waals surface area (Å²) in [7, 11) is 1.70. The zero-order valence-corrected chi connectivity index (χ0v) is 15.3. The van der Waals surface area contributed by atoms with Crippen molar-refractivity contribution in [2.24, 2.45) is 5.10 Å². The van der Waals surface area contributed by atoms with E-state index in [2.05, 4.69) is 41.6 Å². The van der Waals surface area contributed by atoms with Crippen LogP contribution in [0.15, 0.2) is 53.6 Å². The predicted molar refractivity (Wildman–Crippen MR) is 103 cm³/mol. The summed E-state index contributed by atoms with van der Waals surface area (Å²) in [6.45, 7) is 0. The van der Waals surface area contributed by atoms with E-state index >= 15 is 0 Å². The van der Waals surface area contributed by atoms with E-state index in [-0.39, 0.29) is 12.3 Å². The van der Waals surface area contributed by atoms with Gasteiger partial charge in [0, 0.05) is 24.0 Å². The van der Waals surface area contributed by atoms with Crippen LogP contribution in [0.2, 0.25) is 0 Å². The number of thioether (sulfide) groups is 1. The van der Waals surface area contributed by atoms with Crippen LogP contribution < -0.4 is 9.47 Å². The van der Waals surface area contributed by atoms with E-state index in [1.807, 2.05) is 30.0 Å². The van der Waals surface area contributed by atoms with E-state index in [1.165, 1.54) is 5.56 Å². The standard InChI is InChI=1S/C20H22N2O2S/c1-23-15-7-5-6-14(12-15)17-13-18-16-8-3-4-9-19(16)24-20(10-11-25-2)22(18)21-17/h3-9,12,18,20H,10-11,13H2,1-2H3/t18-,20-/m1/s1. The second-order valence-electron chi connectivity index (χ2n) is 6.27. The van der Waals surface area contributed by atoms with Crippen LogP contribution in [0.4, 0.5) is 0 Å². The second-order valence-corrected chi connectivity index (χ2v) is 7.26. The van der Waals surface area contributed by atoms with Gasteiger partial charge >= 0.3 is 0 Å². The molecule has 2 heterocycles. The molecule has 130 valence electrons. The Morgan fingerprint density at radius 2 is 2.12 bits per heavy atom. The molecule has 2 aromatic rings. The van der Waals surface area contributed by atoms with Gasteiger partial charge in [-0.05, 0) is 30.2 Å². The second kappa shape index (κ2) is 7.00. The van der Waals surface area contributed by atoms with Crippen LogP contribution >= 0.6 is 11.8 Å². The molecule has 25 heavy (non-hydrogen) atoms. The van der Waals surface area contributed by atoms with Crippen LogP contribution in [0.3, 0.4) is 0 Å². The van der Waals surface area contributed by atoms with E-state index in [1.54, 1.807) is 7.11 Å². The van der Waals surface area contributed by atoms with Crippen LogP contribution in [0.25, 0.3) is 0 Å². The molecule has 0 amide bonds. The SMILES string of the molecule is COc1cccc(C2=NN3[C@H](C2)c2ccccc2O[C@@H]3CCSC)c1. The largest absolute Gasteiger partial charge is 0.497 e. The monoisotopic (exact) mass is 354 g/mol. The molecule has 0 saturated heterocycles. The number of hydrogen-bond acceptors (Lipinski definition) is 5. The van der Waals surface area contributed by atoms with Gasteiger partial charge in [-0.1, -0.05) is 30.3 Å². The van der Waals surface area contributed by atoms with E-state index in [9.17, 15) is 0 Å². The highest BCUT2D eigenvalue weighted by Crippen LogP contribution is 2.43. The van der Waals surface area contributed by atoms with Crippen LogP contribution in [0.5, 0.6) is 11.5 Å². The Kier molecular flexibility index (Phi) is 4.57. The fourth-order valence-electron chi connectivity index (χ4n) is 3.50. The third-order valence-electron chi connectivity index (χ3n) is 4.75. The lowest BCUT2D eigenvalue weighted by molar-refractivity contribution is -0.0180. The first kappa shape index (κ1) is 16.3. The summed E-state index contributed by atoms with van der Waals surface area (Å²) in [4.78, 5) is 0. The lowest BCUT2D eigenvalue weighted by atomic mass is 9.96. The van der Waals surface area contributed by atoms with E-state index < -0.39 is 0 Å². The van der Waals surface area contributed by atoms with Gasteiger partial charge in [0.15, 0.2) is 6.23 Å². The average Bonchev–Trinajstić information content (AvgIpc) is 3.12. The molecule has 5 heteroatoms. The van der Waals surface area contributed by atoms with Gasteiger partial charge in [-0.15, -0.1) is 0 Å². The first-order valence-corrected chi connectivity index (χ1v) is 9.94. The van der Waals surface area contributed by atoms with Gasteiger partial charge in [0.05, 0.1) is 18.9 Å². The van der Waals surface area contributed by atoms with Crippen molar-refractivity contribution in [3.05, 3.63) is 59.7 Å². The van der Waals surface area contributed by atoms with Crippen LogP contribution in [-0.4, -0.2) is 36.1 Å². The maximum Gasteiger partial charge on any atom is 0.188 e. The number of methoxy groups -OCH3 is 1. The molecule has 0 bridgehead atoms. The van der Waals surface area contributed by atoms with Gasteiger partial charge in [0.2, 0.25) is 0 Å². The first-order valence-electron chi connectivity index (χ1n) is 8.55. The van der Waals surface area contributed by atoms with Crippen LogP contribution in [-0.2, 0) is 0 Å². The minimum Gasteiger partial charge on any atom is -0.497 e. The van der Waals surface area contributed by atoms with Gasteiger partial charge in [0.25, 0.3) is 0 Å². The molecule has 0 saturated carbocycles. The Bertz CT molecular complexity index is 793. The predicted octanol–water partition coefficient (Wildman–Crippen LogP) is 4.32. The summed E-state index contributed by atoms with van der Waals surface area (Å²) in [6, 6.07) is 16.7. The van der Waals surface area contributed by atoms with Crippen molar-refractivity contribution in [3.63, 3.8) is 0 Å². The minimum atomic E-state index is -0.00421. The normalized spacial score (nSPS) is 21.2. The molecule has 4 nitrogen and oxygen atoms in total. The van der Waals surface area contributed by atoms with Gasteiger partial charge in [-0.3, -0.25) is 5.01 Å². The number of ether oxygens (including phenoxy) is 2. The molecule has 0 radical (unpaired) electrons. The first-order chi connectivity index (χ1) is 12.3. The van der Waals surface area contributed by atoms with Crippen molar-refractivity contribution in [2.75, 3.05) is 19.1 Å². The molecular formula is C20H22N2O2S. The van der Waals surface area contributed by atoms with Gasteiger partial charge in [-0.2, -0.15) is 16.9 Å². The molecule has 0 fully saturated rings. The van der Waals surface area contributed by atoms with Gasteiger partial charge in [0.1, 0.15) is 11.5 Å². The number of hydrogen-bond donors (Lipinski definition) is 0. The van der Waals surface area contributed by atoms with Crippen molar-refractivity contribution in [1.29, 1.82) is 0 Å².